The van der Waals surface area contributed by atoms with Gasteiger partial charge in [0, 0.05) is 5.41 Å². The first-order valence-electron chi connectivity index (χ1n) is 9.26. The second-order valence-corrected chi connectivity index (χ2v) is 8.50. The molecule has 0 unspecified atom stereocenters. The van der Waals surface area contributed by atoms with Crippen molar-refractivity contribution in [3.8, 4) is 11.5 Å². The van der Waals surface area contributed by atoms with E-state index in [0.717, 1.165) is 12.8 Å². The van der Waals surface area contributed by atoms with Crippen molar-refractivity contribution in [2.24, 2.45) is 11.8 Å². The summed E-state index contributed by atoms with van der Waals surface area (Å²) in [6, 6.07) is 11.5. The summed E-state index contributed by atoms with van der Waals surface area (Å²) in [6.07, 6.45) is 1.87. The summed E-state index contributed by atoms with van der Waals surface area (Å²) < 4.78 is 0. The van der Waals surface area contributed by atoms with E-state index < -0.39 is 0 Å². The molecule has 0 heterocycles. The average molecular weight is 341 g/mol. The molecular formula is C23H32O2. The van der Waals surface area contributed by atoms with E-state index >= 15 is 0 Å². The largest absolute Gasteiger partial charge is 0.508 e. The predicted molar refractivity (Wildman–Crippen MR) is 105 cm³/mol. The van der Waals surface area contributed by atoms with Gasteiger partial charge in [-0.2, -0.15) is 0 Å². The Bertz CT molecular complexity index is 665. The fourth-order valence-corrected chi connectivity index (χ4v) is 3.74. The van der Waals surface area contributed by atoms with Crippen molar-refractivity contribution in [1.29, 1.82) is 0 Å². The third-order valence-corrected chi connectivity index (χ3v) is 4.78. The highest BCUT2D eigenvalue weighted by molar-refractivity contribution is 5.49. The fraction of sp³-hybridized carbons (Fsp3) is 0.478. The molecule has 2 N–H and O–H groups in total. The normalized spacial score (nSPS) is 12.2. The maximum Gasteiger partial charge on any atom is 0.115 e. The molecule has 136 valence electrons. The molecule has 0 aliphatic carbocycles. The predicted octanol–water partition coefficient (Wildman–Crippen LogP) is 5.82. The number of phenols is 2. The van der Waals surface area contributed by atoms with E-state index in [1.807, 2.05) is 12.1 Å². The van der Waals surface area contributed by atoms with Gasteiger partial charge < -0.3 is 10.2 Å². The van der Waals surface area contributed by atoms with Crippen LogP contribution in [0.5, 0.6) is 11.5 Å². The smallest absolute Gasteiger partial charge is 0.115 e. The highest BCUT2D eigenvalue weighted by Crippen LogP contribution is 2.39. The molecule has 0 aromatic heterocycles. The van der Waals surface area contributed by atoms with Crippen molar-refractivity contribution in [3.63, 3.8) is 0 Å². The number of hydrogen-bond acceptors (Lipinski definition) is 2. The second kappa shape index (κ2) is 7.51. The van der Waals surface area contributed by atoms with Crippen molar-refractivity contribution in [2.45, 2.75) is 59.8 Å². The van der Waals surface area contributed by atoms with E-state index in [-0.39, 0.29) is 5.41 Å². The Balaban J connectivity index is 2.59. The molecule has 2 aromatic carbocycles. The lowest BCUT2D eigenvalue weighted by Crippen LogP contribution is -2.23. The van der Waals surface area contributed by atoms with E-state index in [0.29, 0.717) is 23.3 Å². The molecule has 0 spiro atoms. The first kappa shape index (κ1) is 19.4. The number of rotatable bonds is 6. The van der Waals surface area contributed by atoms with E-state index in [9.17, 15) is 10.2 Å². The topological polar surface area (TPSA) is 40.5 Å². The van der Waals surface area contributed by atoms with Crippen LogP contribution in [0.4, 0.5) is 0 Å². The third kappa shape index (κ3) is 4.56. The van der Waals surface area contributed by atoms with Gasteiger partial charge in [-0.25, -0.2) is 0 Å². The summed E-state index contributed by atoms with van der Waals surface area (Å²) in [5.41, 5.74) is 4.69. The fourth-order valence-electron chi connectivity index (χ4n) is 3.74. The van der Waals surface area contributed by atoms with E-state index in [1.54, 1.807) is 12.1 Å². The molecule has 2 rings (SSSR count). The SMILES string of the molecule is CC(C)Cc1cc(O)ccc1C(C)(C)c1ccc(O)cc1CC(C)C. The molecule has 0 bridgehead atoms. The molecule has 25 heavy (non-hydrogen) atoms. The molecule has 2 aromatic rings. The Morgan fingerprint density at radius 3 is 1.40 bits per heavy atom. The zero-order valence-corrected chi connectivity index (χ0v) is 16.4. The second-order valence-electron chi connectivity index (χ2n) is 8.50. The molecule has 2 heteroatoms. The van der Waals surface area contributed by atoms with Gasteiger partial charge in [0.05, 0.1) is 0 Å². The van der Waals surface area contributed by atoms with Crippen LogP contribution in [0.25, 0.3) is 0 Å². The van der Waals surface area contributed by atoms with Crippen molar-refractivity contribution >= 4 is 0 Å². The molecule has 0 atom stereocenters. The van der Waals surface area contributed by atoms with Crippen molar-refractivity contribution in [1.82, 2.24) is 0 Å². The Hall–Kier alpha value is -1.96. The van der Waals surface area contributed by atoms with Crippen molar-refractivity contribution in [2.75, 3.05) is 0 Å². The molecule has 0 saturated heterocycles. The van der Waals surface area contributed by atoms with Gasteiger partial charge in [0.1, 0.15) is 11.5 Å². The zero-order chi connectivity index (χ0) is 18.8. The first-order valence-corrected chi connectivity index (χ1v) is 9.26. The first-order chi connectivity index (χ1) is 11.6. The monoisotopic (exact) mass is 340 g/mol. The van der Waals surface area contributed by atoms with Crippen LogP contribution in [0, 0.1) is 11.8 Å². The van der Waals surface area contributed by atoms with E-state index in [1.165, 1.54) is 22.3 Å². The zero-order valence-electron chi connectivity index (χ0n) is 16.4. The molecule has 0 radical (unpaired) electrons. The molecule has 0 fully saturated rings. The van der Waals surface area contributed by atoms with E-state index in [2.05, 4.69) is 53.7 Å². The Morgan fingerprint density at radius 2 is 1.08 bits per heavy atom. The van der Waals surface area contributed by atoms with Crippen LogP contribution in [0.2, 0.25) is 0 Å². The van der Waals surface area contributed by atoms with Gasteiger partial charge in [-0.3, -0.25) is 0 Å². The van der Waals surface area contributed by atoms with Gasteiger partial charge in [-0.15, -0.1) is 0 Å². The number of phenolic OH excluding ortho intramolecular Hbond substituents is 2. The summed E-state index contributed by atoms with van der Waals surface area (Å²) in [5, 5.41) is 19.9. The van der Waals surface area contributed by atoms with Crippen LogP contribution < -0.4 is 0 Å². The number of aromatic hydroxyl groups is 2. The average Bonchev–Trinajstić information content (AvgIpc) is 2.45. The van der Waals surface area contributed by atoms with Crippen LogP contribution in [0.15, 0.2) is 36.4 Å². The number of hydrogen-bond donors (Lipinski definition) is 2. The van der Waals surface area contributed by atoms with Gasteiger partial charge in [0.25, 0.3) is 0 Å². The highest BCUT2D eigenvalue weighted by atomic mass is 16.3. The maximum atomic E-state index is 9.96. The maximum absolute atomic E-state index is 9.96. The van der Waals surface area contributed by atoms with Crippen molar-refractivity contribution in [3.05, 3.63) is 58.7 Å². The lowest BCUT2D eigenvalue weighted by Gasteiger charge is -2.32. The minimum atomic E-state index is -0.199. The summed E-state index contributed by atoms with van der Waals surface area (Å²) in [5.74, 6) is 1.68. The Morgan fingerprint density at radius 1 is 0.720 bits per heavy atom. The summed E-state index contributed by atoms with van der Waals surface area (Å²) >= 11 is 0. The van der Waals surface area contributed by atoms with Gasteiger partial charge in [0.2, 0.25) is 0 Å². The molecule has 0 amide bonds. The summed E-state index contributed by atoms with van der Waals surface area (Å²) in [7, 11) is 0. The standard InChI is InChI=1S/C23H32O2/c1-15(2)11-17-13-19(24)7-9-21(17)23(5,6)22-10-8-20(25)14-18(22)12-16(3)4/h7-10,13-16,24-25H,11-12H2,1-6H3. The minimum absolute atomic E-state index is 0.199. The van der Waals surface area contributed by atoms with Crippen LogP contribution in [0.3, 0.4) is 0 Å². The molecular weight excluding hydrogens is 308 g/mol. The Labute approximate surface area is 152 Å². The van der Waals surface area contributed by atoms with Crippen LogP contribution in [-0.4, -0.2) is 10.2 Å². The molecule has 0 aliphatic rings. The van der Waals surface area contributed by atoms with Crippen LogP contribution in [-0.2, 0) is 18.3 Å². The lowest BCUT2D eigenvalue weighted by atomic mass is 9.72. The Kier molecular flexibility index (Phi) is 5.82. The number of benzene rings is 2. The highest BCUT2D eigenvalue weighted by Gasteiger charge is 2.29. The van der Waals surface area contributed by atoms with Crippen molar-refractivity contribution < 1.29 is 10.2 Å². The lowest BCUT2D eigenvalue weighted by molar-refractivity contribution is 0.471. The van der Waals surface area contributed by atoms with E-state index in [4.69, 9.17) is 0 Å². The molecule has 0 aliphatic heterocycles. The van der Waals surface area contributed by atoms with Gasteiger partial charge in [-0.05, 0) is 71.2 Å². The third-order valence-electron chi connectivity index (χ3n) is 4.78. The summed E-state index contributed by atoms with van der Waals surface area (Å²) in [4.78, 5) is 0. The van der Waals surface area contributed by atoms with Crippen LogP contribution in [0.1, 0.15) is 63.8 Å². The minimum Gasteiger partial charge on any atom is -0.508 e. The molecule has 2 nitrogen and oxygen atoms in total. The van der Waals surface area contributed by atoms with Crippen LogP contribution >= 0.6 is 0 Å². The van der Waals surface area contributed by atoms with Gasteiger partial charge in [0.15, 0.2) is 0 Å². The van der Waals surface area contributed by atoms with Gasteiger partial charge in [-0.1, -0.05) is 53.7 Å². The molecule has 0 saturated carbocycles. The quantitative estimate of drug-likeness (QED) is 0.695. The summed E-state index contributed by atoms with van der Waals surface area (Å²) in [6.45, 7) is 13.3. The van der Waals surface area contributed by atoms with Gasteiger partial charge >= 0.3 is 0 Å².